The predicted octanol–water partition coefficient (Wildman–Crippen LogP) is 2.67. The molecule has 0 aliphatic carbocycles. The number of anilines is 2. The monoisotopic (exact) mass is 250 g/mol. The van der Waals surface area contributed by atoms with Crippen molar-refractivity contribution >= 4 is 17.7 Å². The first kappa shape index (κ1) is 12.1. The topological polar surface area (TPSA) is 66.6 Å². The van der Waals surface area contributed by atoms with Gasteiger partial charge >= 0.3 is 12.0 Å². The fourth-order valence-electron chi connectivity index (χ4n) is 1.54. The van der Waals surface area contributed by atoms with Crippen molar-refractivity contribution in [2.45, 2.75) is 6.92 Å². The third kappa shape index (κ3) is 2.32. The van der Waals surface area contributed by atoms with Crippen LogP contribution in [0.4, 0.5) is 16.1 Å². The highest BCUT2D eigenvalue weighted by Crippen LogP contribution is 2.24. The largest absolute Gasteiger partial charge is 0.476 e. The number of hydrogen-bond donors (Lipinski definition) is 1. The quantitative estimate of drug-likeness (QED) is 0.903. The lowest BCUT2D eigenvalue weighted by atomic mass is 10.3. The van der Waals surface area contributed by atoms with Crippen LogP contribution in [0, 0.1) is 5.82 Å². The number of carboxylic acid groups (broad SMARTS) is 1. The van der Waals surface area contributed by atoms with E-state index in [1.54, 1.807) is 17.0 Å². The SMILES string of the molecule is CCN(c1ccc(F)cc1)c1nc(C(=O)O)co1. The summed E-state index contributed by atoms with van der Waals surface area (Å²) in [7, 11) is 0. The van der Waals surface area contributed by atoms with Gasteiger partial charge in [-0.1, -0.05) is 0 Å². The third-order valence-corrected chi connectivity index (χ3v) is 2.40. The number of aromatic nitrogens is 1. The summed E-state index contributed by atoms with van der Waals surface area (Å²) in [5.74, 6) is -1.49. The van der Waals surface area contributed by atoms with Gasteiger partial charge in [-0.25, -0.2) is 9.18 Å². The van der Waals surface area contributed by atoms with Gasteiger partial charge in [0, 0.05) is 12.2 Å². The highest BCUT2D eigenvalue weighted by molar-refractivity contribution is 5.85. The Bertz CT molecular complexity index is 551. The van der Waals surface area contributed by atoms with E-state index < -0.39 is 5.97 Å². The van der Waals surface area contributed by atoms with Gasteiger partial charge in [0.15, 0.2) is 5.69 Å². The molecule has 18 heavy (non-hydrogen) atoms. The van der Waals surface area contributed by atoms with Crippen molar-refractivity contribution in [2.24, 2.45) is 0 Å². The molecular formula is C12H11FN2O3. The molecule has 2 rings (SSSR count). The zero-order valence-electron chi connectivity index (χ0n) is 9.63. The summed E-state index contributed by atoms with van der Waals surface area (Å²) >= 11 is 0. The molecule has 1 aromatic heterocycles. The van der Waals surface area contributed by atoms with E-state index in [9.17, 15) is 9.18 Å². The maximum atomic E-state index is 12.8. The Morgan fingerprint density at radius 2 is 2.11 bits per heavy atom. The van der Waals surface area contributed by atoms with Gasteiger partial charge in [0.25, 0.3) is 0 Å². The third-order valence-electron chi connectivity index (χ3n) is 2.40. The van der Waals surface area contributed by atoms with Gasteiger partial charge in [-0.3, -0.25) is 4.90 Å². The molecule has 0 fully saturated rings. The van der Waals surface area contributed by atoms with Crippen molar-refractivity contribution < 1.29 is 18.7 Å². The summed E-state index contributed by atoms with van der Waals surface area (Å²) in [6.45, 7) is 2.37. The van der Waals surface area contributed by atoms with Crippen LogP contribution in [0.25, 0.3) is 0 Å². The summed E-state index contributed by atoms with van der Waals surface area (Å²) in [6.07, 6.45) is 1.07. The maximum absolute atomic E-state index is 12.8. The molecular weight excluding hydrogens is 239 g/mol. The Morgan fingerprint density at radius 3 is 2.61 bits per heavy atom. The first-order valence-corrected chi connectivity index (χ1v) is 5.33. The van der Waals surface area contributed by atoms with E-state index in [-0.39, 0.29) is 17.5 Å². The number of carbonyl (C=O) groups is 1. The average Bonchev–Trinajstić information content (AvgIpc) is 2.82. The van der Waals surface area contributed by atoms with Crippen molar-refractivity contribution in [3.05, 3.63) is 42.0 Å². The minimum atomic E-state index is -1.15. The second kappa shape index (κ2) is 4.87. The van der Waals surface area contributed by atoms with E-state index in [1.165, 1.54) is 12.1 Å². The molecule has 0 bridgehead atoms. The van der Waals surface area contributed by atoms with Gasteiger partial charge < -0.3 is 9.52 Å². The number of nitrogens with zero attached hydrogens (tertiary/aromatic N) is 2. The molecule has 0 aliphatic heterocycles. The van der Waals surface area contributed by atoms with Crippen LogP contribution in [0.3, 0.4) is 0 Å². The standard InChI is InChI=1S/C12H11FN2O3/c1-2-15(9-5-3-8(13)4-6-9)12-14-10(7-18-12)11(16)17/h3-7H,2H2,1H3,(H,16,17). The number of aromatic carboxylic acids is 1. The van der Waals surface area contributed by atoms with Gasteiger partial charge in [0.05, 0.1) is 0 Å². The molecule has 0 radical (unpaired) electrons. The normalized spacial score (nSPS) is 10.3. The second-order valence-electron chi connectivity index (χ2n) is 3.54. The Balaban J connectivity index is 2.32. The van der Waals surface area contributed by atoms with Crippen LogP contribution in [0.2, 0.25) is 0 Å². The van der Waals surface area contributed by atoms with Gasteiger partial charge in [0.2, 0.25) is 0 Å². The number of halogens is 1. The van der Waals surface area contributed by atoms with Gasteiger partial charge in [-0.15, -0.1) is 0 Å². The Morgan fingerprint density at radius 1 is 1.44 bits per heavy atom. The predicted molar refractivity (Wildman–Crippen MR) is 62.5 cm³/mol. The Hall–Kier alpha value is -2.37. The number of oxazole rings is 1. The molecule has 0 unspecified atom stereocenters. The first-order chi connectivity index (χ1) is 8.61. The van der Waals surface area contributed by atoms with Crippen LogP contribution in [-0.4, -0.2) is 22.6 Å². The Labute approximate surface area is 102 Å². The van der Waals surface area contributed by atoms with E-state index in [0.29, 0.717) is 12.2 Å². The zero-order chi connectivity index (χ0) is 13.1. The van der Waals surface area contributed by atoms with Gasteiger partial charge in [-0.05, 0) is 31.2 Å². The lowest BCUT2D eigenvalue weighted by Crippen LogP contribution is -2.16. The molecule has 0 saturated heterocycles. The molecule has 2 aromatic rings. The molecule has 0 atom stereocenters. The lowest BCUT2D eigenvalue weighted by molar-refractivity contribution is 0.0690. The highest BCUT2D eigenvalue weighted by atomic mass is 19.1. The van der Waals surface area contributed by atoms with E-state index in [4.69, 9.17) is 9.52 Å². The van der Waals surface area contributed by atoms with Crippen LogP contribution in [0.5, 0.6) is 0 Å². The molecule has 1 aromatic carbocycles. The van der Waals surface area contributed by atoms with Crippen molar-refractivity contribution in [3.63, 3.8) is 0 Å². The summed E-state index contributed by atoms with van der Waals surface area (Å²) in [4.78, 5) is 16.2. The molecule has 94 valence electrons. The van der Waals surface area contributed by atoms with E-state index in [2.05, 4.69) is 4.98 Å². The minimum absolute atomic E-state index is 0.162. The average molecular weight is 250 g/mol. The van der Waals surface area contributed by atoms with Crippen LogP contribution < -0.4 is 4.90 Å². The van der Waals surface area contributed by atoms with Crippen molar-refractivity contribution in [1.82, 2.24) is 4.98 Å². The lowest BCUT2D eigenvalue weighted by Gasteiger charge is -2.18. The number of rotatable bonds is 4. The highest BCUT2D eigenvalue weighted by Gasteiger charge is 2.16. The summed E-state index contributed by atoms with van der Waals surface area (Å²) in [5.41, 5.74) is 0.517. The van der Waals surface area contributed by atoms with Crippen molar-refractivity contribution in [2.75, 3.05) is 11.4 Å². The first-order valence-electron chi connectivity index (χ1n) is 5.33. The van der Waals surface area contributed by atoms with E-state index in [0.717, 1.165) is 6.26 Å². The van der Waals surface area contributed by atoms with Gasteiger partial charge in [-0.2, -0.15) is 4.98 Å². The molecule has 5 nitrogen and oxygen atoms in total. The van der Waals surface area contributed by atoms with Crippen LogP contribution in [-0.2, 0) is 0 Å². The number of benzene rings is 1. The smallest absolute Gasteiger partial charge is 0.357 e. The number of carboxylic acids is 1. The number of hydrogen-bond acceptors (Lipinski definition) is 4. The molecule has 0 spiro atoms. The minimum Gasteiger partial charge on any atom is -0.476 e. The van der Waals surface area contributed by atoms with Crippen LogP contribution in [0.1, 0.15) is 17.4 Å². The fraction of sp³-hybridized carbons (Fsp3) is 0.167. The Kier molecular flexibility index (Phi) is 3.27. The molecule has 1 heterocycles. The fourth-order valence-corrected chi connectivity index (χ4v) is 1.54. The molecule has 0 aliphatic rings. The van der Waals surface area contributed by atoms with E-state index >= 15 is 0 Å². The molecule has 0 saturated carbocycles. The maximum Gasteiger partial charge on any atom is 0.357 e. The van der Waals surface area contributed by atoms with E-state index in [1.807, 2.05) is 6.92 Å². The molecule has 0 amide bonds. The second-order valence-corrected chi connectivity index (χ2v) is 3.54. The van der Waals surface area contributed by atoms with Crippen molar-refractivity contribution in [1.29, 1.82) is 0 Å². The molecule has 1 N–H and O–H groups in total. The zero-order valence-corrected chi connectivity index (χ0v) is 9.63. The summed E-state index contributed by atoms with van der Waals surface area (Å²) < 4.78 is 17.9. The van der Waals surface area contributed by atoms with Crippen LogP contribution >= 0.6 is 0 Å². The van der Waals surface area contributed by atoms with Crippen LogP contribution in [0.15, 0.2) is 34.9 Å². The molecule has 6 heteroatoms. The summed E-state index contributed by atoms with van der Waals surface area (Å²) in [5, 5.41) is 8.77. The van der Waals surface area contributed by atoms with Gasteiger partial charge in [0.1, 0.15) is 12.1 Å². The summed E-state index contributed by atoms with van der Waals surface area (Å²) in [6, 6.07) is 5.95. The van der Waals surface area contributed by atoms with Crippen molar-refractivity contribution in [3.8, 4) is 0 Å².